The third-order valence-corrected chi connectivity index (χ3v) is 19.9. The number of aromatic nitrogens is 1. The van der Waals surface area contributed by atoms with Crippen LogP contribution in [0.2, 0.25) is 0 Å². The van der Waals surface area contributed by atoms with E-state index >= 15 is 0 Å². The van der Waals surface area contributed by atoms with Gasteiger partial charge in [0.25, 0.3) is 0 Å². The van der Waals surface area contributed by atoms with Crippen LogP contribution in [-0.2, 0) is 4.79 Å². The molecule has 0 aliphatic rings. The summed E-state index contributed by atoms with van der Waals surface area (Å²) in [5.41, 5.74) is 0.706. The zero-order valence-electron chi connectivity index (χ0n) is 28.7. The average molecular weight is 797 g/mol. The fraction of sp³-hybridized carbons (Fsp3) is 0.195. The molecule has 6 rings (SSSR count). The topological polar surface area (TPSA) is 114 Å². The summed E-state index contributed by atoms with van der Waals surface area (Å²) in [6, 6.07) is 42.8. The molecule has 0 aliphatic carbocycles. The summed E-state index contributed by atoms with van der Waals surface area (Å²) in [7, 11) is 1.42. The van der Waals surface area contributed by atoms with E-state index in [9.17, 15) is 9.90 Å². The molecule has 0 fully saturated rings. The van der Waals surface area contributed by atoms with Crippen LogP contribution in [0.4, 0.5) is 0 Å². The van der Waals surface area contributed by atoms with Crippen molar-refractivity contribution in [2.24, 2.45) is 0 Å². The second kappa shape index (κ2) is 16.6. The summed E-state index contributed by atoms with van der Waals surface area (Å²) >= 11 is 5.79. The first-order chi connectivity index (χ1) is 25.3. The van der Waals surface area contributed by atoms with Crippen LogP contribution in [0.3, 0.4) is 0 Å². The number of amides is 1. The summed E-state index contributed by atoms with van der Waals surface area (Å²) in [5, 5.41) is 24.1. The van der Waals surface area contributed by atoms with Gasteiger partial charge in [-0.2, -0.15) is 5.26 Å². The molecule has 0 saturated heterocycles. The number of hydrogen-bond donors (Lipinski definition) is 2. The van der Waals surface area contributed by atoms with Crippen LogP contribution in [0.25, 0.3) is 10.2 Å². The smallest absolute Gasteiger partial charge is 0.502 e. The molecule has 1 amide bonds. The molecule has 52 heavy (non-hydrogen) atoms. The van der Waals surface area contributed by atoms with Crippen molar-refractivity contribution in [3.63, 3.8) is 0 Å². The Kier molecular flexibility index (Phi) is 11.8. The number of carbonyl (C=O) groups excluding carboxylic acids is 1. The Bertz CT molecular complexity index is 2080. The Balaban J connectivity index is 1.02. The van der Waals surface area contributed by atoms with E-state index in [4.69, 9.17) is 19.5 Å². The van der Waals surface area contributed by atoms with Gasteiger partial charge < -0.3 is 14.6 Å². The van der Waals surface area contributed by atoms with Crippen LogP contribution in [0.5, 0.6) is 28.7 Å². The van der Waals surface area contributed by atoms with Gasteiger partial charge in [0.05, 0.1) is 17.3 Å². The maximum absolute atomic E-state index is 12.7. The minimum Gasteiger partial charge on any atom is -0.502 e. The molecule has 1 aromatic heterocycles. The molecule has 6 aromatic rings. The van der Waals surface area contributed by atoms with Gasteiger partial charge in [-0.05, 0) is 12.1 Å². The van der Waals surface area contributed by atoms with Gasteiger partial charge in [0.1, 0.15) is 17.6 Å². The van der Waals surface area contributed by atoms with Gasteiger partial charge in [-0.15, -0.1) is 11.3 Å². The number of fused-ring (bicyclic) bond motifs is 1. The second-order valence-corrected chi connectivity index (χ2v) is 22.4. The maximum atomic E-state index is 12.7. The summed E-state index contributed by atoms with van der Waals surface area (Å²) < 4.78 is 17.8. The van der Waals surface area contributed by atoms with Gasteiger partial charge in [0.15, 0.2) is 10.8 Å². The molecule has 0 spiro atoms. The van der Waals surface area contributed by atoms with Crippen molar-refractivity contribution >= 4 is 64.2 Å². The molecular formula is C41H39BrN3O5PS. The Morgan fingerprint density at radius 3 is 2.02 bits per heavy atom. The van der Waals surface area contributed by atoms with Gasteiger partial charge in [-0.1, -0.05) is 0 Å². The zero-order valence-corrected chi connectivity index (χ0v) is 32.0. The molecule has 8 nitrogen and oxygen atoms in total. The first kappa shape index (κ1) is 36.8. The first-order valence-corrected chi connectivity index (χ1v) is 22.3. The Morgan fingerprint density at radius 2 is 1.42 bits per heavy atom. The number of nitrogens with one attached hydrogen (secondary N) is 1. The van der Waals surface area contributed by atoms with Crippen LogP contribution in [0.1, 0.15) is 30.7 Å². The molecular weight excluding hydrogens is 757 g/mol. The molecule has 0 bridgehead atoms. The van der Waals surface area contributed by atoms with Gasteiger partial charge >= 0.3 is 211 Å². The van der Waals surface area contributed by atoms with Crippen LogP contribution in [0.15, 0.2) is 121 Å². The predicted octanol–water partition coefficient (Wildman–Crippen LogP) is 8.57. The number of ether oxygens (including phenoxy) is 3. The van der Waals surface area contributed by atoms with Crippen LogP contribution in [-0.4, -0.2) is 42.4 Å². The number of thiazole rings is 1. The van der Waals surface area contributed by atoms with Crippen molar-refractivity contribution in [1.82, 2.24) is 10.3 Å². The number of nitrogens with zero attached hydrogens (tertiary/aromatic N) is 2. The number of phenols is 1. The van der Waals surface area contributed by atoms with E-state index in [1.807, 2.05) is 0 Å². The number of methoxy groups -OCH3 is 1. The molecule has 0 atom stereocenters. The fourth-order valence-electron chi connectivity index (χ4n) is 6.40. The fourth-order valence-corrected chi connectivity index (χ4v) is 14.9. The van der Waals surface area contributed by atoms with Crippen molar-refractivity contribution in [2.45, 2.75) is 25.7 Å². The minimum atomic E-state index is -2.94. The average Bonchev–Trinajstić information content (AvgIpc) is 3.61. The molecule has 0 radical (unpaired) electrons. The SMILES string of the molecule is COc1cc(Oc2ccc3nc(C#N)sc3c2)cc(OCC(=O)NCCCCCCP(Br)(c2ccccc2)(c2ccccc2)c2ccccc2)c1O. The van der Waals surface area contributed by atoms with Crippen molar-refractivity contribution in [3.8, 4) is 34.8 Å². The molecule has 0 aliphatic heterocycles. The van der Waals surface area contributed by atoms with E-state index in [0.29, 0.717) is 28.6 Å². The number of hydrogen-bond acceptors (Lipinski definition) is 8. The van der Waals surface area contributed by atoms with Gasteiger partial charge in [-0.3, -0.25) is 0 Å². The predicted molar refractivity (Wildman–Crippen MR) is 215 cm³/mol. The number of nitriles is 1. The second-order valence-electron chi connectivity index (χ2n) is 12.3. The van der Waals surface area contributed by atoms with E-state index in [0.717, 1.165) is 36.5 Å². The molecule has 2 N–H and O–H groups in total. The van der Waals surface area contributed by atoms with E-state index < -0.39 is 5.31 Å². The van der Waals surface area contributed by atoms with Crippen LogP contribution in [0, 0.1) is 11.3 Å². The quantitative estimate of drug-likeness (QED) is 0.0746. The third-order valence-electron chi connectivity index (χ3n) is 8.99. The van der Waals surface area contributed by atoms with Gasteiger partial charge in [0.2, 0.25) is 0 Å². The number of phenolic OH excluding ortho intramolecular Hbond substituents is 1. The third kappa shape index (κ3) is 7.93. The molecule has 0 unspecified atom stereocenters. The standard InChI is InChI=1S/C41H39BrN3O5PS/c1-48-36-25-31(50-30-21-22-35-38(27-30)52-40(28-43)45-35)26-37(41(36)47)49-29-39(46)44-23-13-2-3-14-24-51(42,32-15-7-4-8-16-32,33-17-9-5-10-18-33)34-19-11-6-12-20-34/h4-12,15-22,25-27,47H,2-3,13-14,23-24,29H2,1H3,(H,44,46). The monoisotopic (exact) mass is 795 g/mol. The van der Waals surface area contributed by atoms with Crippen molar-refractivity contribution < 1.29 is 24.1 Å². The molecule has 1 heterocycles. The van der Waals surface area contributed by atoms with E-state index in [1.165, 1.54) is 46.5 Å². The van der Waals surface area contributed by atoms with E-state index in [1.54, 1.807) is 18.2 Å². The van der Waals surface area contributed by atoms with Gasteiger partial charge in [-0.25, -0.2) is 4.98 Å². The van der Waals surface area contributed by atoms with Crippen molar-refractivity contribution in [3.05, 3.63) is 126 Å². The summed E-state index contributed by atoms with van der Waals surface area (Å²) in [6.45, 7) is 0.232. The van der Waals surface area contributed by atoms with Crippen LogP contribution < -0.4 is 35.4 Å². The van der Waals surface area contributed by atoms with Gasteiger partial charge in [0, 0.05) is 12.1 Å². The molecule has 5 aromatic carbocycles. The molecule has 11 heteroatoms. The number of carbonyl (C=O) groups is 1. The Hall–Kier alpha value is -4.94. The summed E-state index contributed by atoms with van der Waals surface area (Å²) in [4.78, 5) is 17.0. The normalized spacial score (nSPS) is 12.0. The first-order valence-electron chi connectivity index (χ1n) is 17.0. The summed E-state index contributed by atoms with van der Waals surface area (Å²) in [5.74, 6) is 0.528. The van der Waals surface area contributed by atoms with Crippen molar-refractivity contribution in [2.75, 3.05) is 26.4 Å². The minimum absolute atomic E-state index is 0.0569. The number of benzene rings is 5. The number of halogens is 1. The number of aromatic hydroxyl groups is 1. The number of rotatable bonds is 16. The summed E-state index contributed by atoms with van der Waals surface area (Å²) in [6.07, 6.45) is 4.78. The van der Waals surface area contributed by atoms with Crippen LogP contribution >= 0.6 is 32.1 Å². The Labute approximate surface area is 315 Å². The Morgan fingerprint density at radius 1 is 0.827 bits per heavy atom. The zero-order chi connectivity index (χ0) is 36.4. The van der Waals surface area contributed by atoms with E-state index in [-0.39, 0.29) is 29.8 Å². The number of unbranched alkanes of at least 4 members (excludes halogenated alkanes) is 3. The van der Waals surface area contributed by atoms with E-state index in [2.05, 4.69) is 123 Å². The molecule has 0 saturated carbocycles. The molecule has 266 valence electrons. The van der Waals surface area contributed by atoms with Crippen molar-refractivity contribution in [1.29, 1.82) is 5.26 Å².